The number of ether oxygens (including phenoxy) is 4. The van der Waals surface area contributed by atoms with Gasteiger partial charge < -0.3 is 18.9 Å². The lowest BCUT2D eigenvalue weighted by atomic mass is 9.95. The number of carbonyl (C=O) groups excluding carboxylic acids is 4. The third-order valence-electron chi connectivity index (χ3n) is 7.55. The van der Waals surface area contributed by atoms with Crippen molar-refractivity contribution in [1.82, 2.24) is 0 Å². The molecule has 0 aromatic rings. The first-order valence-corrected chi connectivity index (χ1v) is 27.0. The minimum Gasteiger partial charge on any atom is -0.446 e. The Labute approximate surface area is 625 Å². The number of rotatable bonds is 7. The molecule has 0 saturated heterocycles. The van der Waals surface area contributed by atoms with Gasteiger partial charge in [0.05, 0.1) is 12.8 Å². The first-order chi connectivity index (χ1) is 52.8. The van der Waals surface area contributed by atoms with Crippen molar-refractivity contribution in [2.75, 3.05) is 0 Å². The second kappa shape index (κ2) is 71.5. The molecule has 0 spiro atoms. The van der Waals surface area contributed by atoms with E-state index in [9.17, 15) is 19.2 Å². The van der Waals surface area contributed by atoms with Crippen molar-refractivity contribution in [3.8, 4) is 535 Å². The van der Waals surface area contributed by atoms with Crippen molar-refractivity contribution in [2.45, 2.75) is 31.8 Å². The van der Waals surface area contributed by atoms with Crippen LogP contribution >= 0.6 is 0 Å². The Balaban J connectivity index is 6.30. The lowest BCUT2D eigenvalue weighted by molar-refractivity contribution is -0.185. The average molecular weight is 1330 g/mol. The highest BCUT2D eigenvalue weighted by molar-refractivity contribution is 5.93. The first-order valence-electron chi connectivity index (χ1n) is 27.0. The van der Waals surface area contributed by atoms with Crippen LogP contribution in [0.2, 0.25) is 0 Å². The highest BCUT2D eigenvalue weighted by atomic mass is 16.6. The van der Waals surface area contributed by atoms with Gasteiger partial charge in [0.15, 0.2) is 0 Å². The van der Waals surface area contributed by atoms with Crippen molar-refractivity contribution in [3.63, 3.8) is 0 Å². The molecule has 0 rings (SSSR count). The largest absolute Gasteiger partial charge is 0.446 e. The van der Waals surface area contributed by atoms with Gasteiger partial charge in [-0.1, -0.05) is 6.92 Å². The van der Waals surface area contributed by atoms with E-state index in [1.165, 1.54) is 6.92 Å². The van der Waals surface area contributed by atoms with Gasteiger partial charge in [-0.25, -0.2) is 4.79 Å². The molecule has 0 bridgehead atoms. The fourth-order valence-corrected chi connectivity index (χ4v) is 4.01. The Hall–Kier alpha value is -21.9. The van der Waals surface area contributed by atoms with Crippen molar-refractivity contribution in [3.05, 3.63) is 0 Å². The molecule has 8 heteroatoms. The van der Waals surface area contributed by atoms with Gasteiger partial charge in [0, 0.05) is 362 Å². The number of hydrogen-bond acceptors (Lipinski definition) is 8. The maximum Gasteiger partial charge on any atom is 0.365 e. The smallest absolute Gasteiger partial charge is 0.365 e. The van der Waals surface area contributed by atoms with Crippen LogP contribution in [-0.4, -0.2) is 29.5 Å². The predicted molar refractivity (Wildman–Crippen MR) is 400 cm³/mol. The molecule has 8 nitrogen and oxygen atoms in total. The van der Waals surface area contributed by atoms with Gasteiger partial charge >= 0.3 is 23.9 Å². The zero-order valence-corrected chi connectivity index (χ0v) is 54.1. The van der Waals surface area contributed by atoms with E-state index in [4.69, 9.17) is 38.2 Å². The number of terminal acetylenes is 3. The van der Waals surface area contributed by atoms with Gasteiger partial charge in [-0.2, -0.15) is 0 Å². The van der Waals surface area contributed by atoms with Crippen LogP contribution in [-0.2, 0) is 38.1 Å². The summed E-state index contributed by atoms with van der Waals surface area (Å²) >= 11 is 0. The zero-order valence-electron chi connectivity index (χ0n) is 54.1. The van der Waals surface area contributed by atoms with Crippen LogP contribution in [0.15, 0.2) is 0 Å². The summed E-state index contributed by atoms with van der Waals surface area (Å²) in [5.41, 5.74) is -2.78. The van der Waals surface area contributed by atoms with E-state index in [-0.39, 0.29) is 6.42 Å². The second-order valence-corrected chi connectivity index (χ2v) is 14.4. The summed E-state index contributed by atoms with van der Waals surface area (Å²) in [6, 6.07) is 0. The fraction of sp³-hybridized carbons (Fsp3) is 0.0505. The van der Waals surface area contributed by atoms with Crippen molar-refractivity contribution in [2.24, 2.45) is 0 Å². The summed E-state index contributed by atoms with van der Waals surface area (Å²) in [4.78, 5) is 52.6. The molecule has 0 N–H and O–H groups in total. The summed E-state index contributed by atoms with van der Waals surface area (Å²) in [6.07, 6.45) is 18.1. The molecule has 0 radical (unpaired) electrons. The molecule has 0 heterocycles. The number of esters is 4. The van der Waals surface area contributed by atoms with Gasteiger partial charge in [0.2, 0.25) is 5.60 Å². The van der Waals surface area contributed by atoms with Gasteiger partial charge in [-0.3, -0.25) is 14.4 Å². The van der Waals surface area contributed by atoms with Crippen molar-refractivity contribution < 1.29 is 38.1 Å². The van der Waals surface area contributed by atoms with Gasteiger partial charge in [0.1, 0.15) is 18.3 Å². The Morgan fingerprint density at radius 1 is 0.196 bits per heavy atom. The topological polar surface area (TPSA) is 105 Å². The Morgan fingerprint density at radius 2 is 0.327 bits per heavy atom. The van der Waals surface area contributed by atoms with Gasteiger partial charge in [-0.05, 0) is 142 Å². The molecule has 107 heavy (non-hydrogen) atoms. The average Bonchev–Trinajstić information content (AvgIpc) is 0.813. The van der Waals surface area contributed by atoms with E-state index in [1.807, 2.05) is 18.3 Å². The molecular weight excluding hydrogens is 1320 g/mol. The molecule has 0 aromatic carbocycles. The lowest BCUT2D eigenvalue weighted by Gasteiger charge is -2.27. The SMILES string of the molecule is C#CC#CC#CC#CC#CC#CC#CC#CC#CC#CC#CC#CC#CC#CC#COC(=O)CC(CC(=O)OC#CC#CC#CC#CC#CC#CC#CC#CC#CC#CC#CC#CC#CC#CC#C)(OC(=O)CC)C(=O)OC#CC#CC#CC#CC#CC#CC#CC#CC#CC#CC#CC#CC#CC#CC#C. The van der Waals surface area contributed by atoms with Crippen molar-refractivity contribution >= 4 is 23.9 Å². The molecule has 0 aliphatic rings. The van der Waals surface area contributed by atoms with E-state index in [2.05, 4.69) is 497 Å². The minimum atomic E-state index is -2.78. The van der Waals surface area contributed by atoms with Crippen LogP contribution < -0.4 is 0 Å². The third kappa shape index (κ3) is 64.0. The van der Waals surface area contributed by atoms with E-state index in [1.54, 1.807) is 0 Å². The molecule has 0 aliphatic carbocycles. The summed E-state index contributed by atoms with van der Waals surface area (Å²) in [7, 11) is 0. The van der Waals surface area contributed by atoms with E-state index >= 15 is 0 Å². The maximum atomic E-state index is 13.6. The molecule has 0 saturated carbocycles. The van der Waals surface area contributed by atoms with Crippen molar-refractivity contribution in [1.29, 1.82) is 0 Å². The van der Waals surface area contributed by atoms with E-state index < -0.39 is 42.3 Å². The summed E-state index contributed by atoms with van der Waals surface area (Å²) in [5.74, 6) is 197. The predicted octanol–water partition coefficient (Wildman–Crippen LogP) is 0.00310. The Kier molecular flexibility index (Phi) is 56.9. The van der Waals surface area contributed by atoms with Crippen LogP contribution in [0, 0.1) is 535 Å². The number of carbonyl (C=O) groups is 4. The van der Waals surface area contributed by atoms with Crippen LogP contribution in [0.5, 0.6) is 0 Å². The summed E-state index contributed by atoms with van der Waals surface area (Å²) in [5, 5.41) is 0. The molecule has 456 valence electrons. The molecule has 0 atom stereocenters. The molecule has 0 amide bonds. The van der Waals surface area contributed by atoms with Crippen LogP contribution in [0.3, 0.4) is 0 Å². The normalized spacial score (nSPS) is 5.14. The minimum absolute atomic E-state index is 0.357. The standard InChI is InChI=1S/C99H12O8/c1-5-9-12-15-18-21-24-27-30-33-36-39-42-45-48-51-54-57-60-63-66-69-72-75-78-81-84-87-90-104-96(101)93-99(107-95(100)8-4,98(103)106-92-89-86-83-80-77-74-71-68-65-62-59-56-53-50-47-44-41-38-35-32-29-26-23-20-17-14-11-7-3)94-97(102)105-91-88-85-82-79-76-73-70-67-64-61-58-55-52-49-46-43-40-37-34-31-28-25-22-19-16-13-10-6-2/h1-3H,8,93-94H2,4H3. The fourth-order valence-electron chi connectivity index (χ4n) is 4.01. The second-order valence-electron chi connectivity index (χ2n) is 14.4. The Bertz CT molecular complexity index is 6700. The lowest BCUT2D eigenvalue weighted by Crippen LogP contribution is -2.48. The molecule has 0 aliphatic heterocycles. The highest BCUT2D eigenvalue weighted by Crippen LogP contribution is 2.26. The summed E-state index contributed by atoms with van der Waals surface area (Å²) in [6.45, 7) is 1.35. The molecule has 0 aromatic heterocycles. The van der Waals surface area contributed by atoms with Crippen LogP contribution in [0.1, 0.15) is 26.2 Å². The molecule has 0 fully saturated rings. The quantitative estimate of drug-likeness (QED) is 0.200. The number of hydrogen-bond donors (Lipinski definition) is 0. The Morgan fingerprint density at radius 3 is 0.467 bits per heavy atom. The monoisotopic (exact) mass is 1330 g/mol. The van der Waals surface area contributed by atoms with Gasteiger partial charge in [0.25, 0.3) is 0 Å². The third-order valence-corrected chi connectivity index (χ3v) is 7.55. The maximum absolute atomic E-state index is 13.6. The van der Waals surface area contributed by atoms with Crippen LogP contribution in [0.25, 0.3) is 0 Å². The first kappa shape index (κ1) is 85.1. The van der Waals surface area contributed by atoms with Gasteiger partial charge in [-0.15, -0.1) is 19.3 Å². The molecular formula is C99H12O8. The summed E-state index contributed by atoms with van der Waals surface area (Å²) < 4.78 is 20.0. The highest BCUT2D eigenvalue weighted by Gasteiger charge is 2.49. The molecule has 0 unspecified atom stereocenters. The van der Waals surface area contributed by atoms with Crippen LogP contribution in [0.4, 0.5) is 0 Å². The van der Waals surface area contributed by atoms with E-state index in [0.29, 0.717) is 0 Å². The van der Waals surface area contributed by atoms with E-state index in [0.717, 1.165) is 0 Å². The zero-order chi connectivity index (χ0) is 77.3.